The van der Waals surface area contributed by atoms with Gasteiger partial charge in [-0.2, -0.15) is 5.10 Å². The number of aryl methyl sites for hydroxylation is 1. The molecule has 23 heavy (non-hydrogen) atoms. The highest BCUT2D eigenvalue weighted by molar-refractivity contribution is 5.94. The minimum absolute atomic E-state index is 0.125. The SMILES string of the molecule is Cc1ccc(C(=O)N2CCCC(Oc3cccnn3)C2)cc1F. The van der Waals surface area contributed by atoms with Crippen molar-refractivity contribution in [3.63, 3.8) is 0 Å². The number of amides is 1. The van der Waals surface area contributed by atoms with Crippen LogP contribution in [0.3, 0.4) is 0 Å². The van der Waals surface area contributed by atoms with E-state index < -0.39 is 0 Å². The van der Waals surface area contributed by atoms with Gasteiger partial charge in [0.05, 0.1) is 6.54 Å². The van der Waals surface area contributed by atoms with Crippen LogP contribution in [-0.4, -0.2) is 40.2 Å². The maximum atomic E-state index is 13.7. The number of hydrogen-bond donors (Lipinski definition) is 0. The summed E-state index contributed by atoms with van der Waals surface area (Å²) < 4.78 is 19.4. The second-order valence-corrected chi connectivity index (χ2v) is 5.66. The zero-order valence-corrected chi connectivity index (χ0v) is 12.9. The van der Waals surface area contributed by atoms with Crippen LogP contribution < -0.4 is 4.74 Å². The van der Waals surface area contributed by atoms with Gasteiger partial charge in [0.2, 0.25) is 5.88 Å². The summed E-state index contributed by atoms with van der Waals surface area (Å²) >= 11 is 0. The first-order chi connectivity index (χ1) is 11.1. The number of carbonyl (C=O) groups excluding carboxylic acids is 1. The van der Waals surface area contributed by atoms with Crippen LogP contribution in [0, 0.1) is 12.7 Å². The Morgan fingerprint density at radius 3 is 3.00 bits per heavy atom. The summed E-state index contributed by atoms with van der Waals surface area (Å²) in [6, 6.07) is 8.07. The van der Waals surface area contributed by atoms with Crippen LogP contribution in [0.4, 0.5) is 4.39 Å². The minimum atomic E-state index is -0.361. The summed E-state index contributed by atoms with van der Waals surface area (Å²) in [7, 11) is 0. The van der Waals surface area contributed by atoms with Crippen molar-refractivity contribution in [2.24, 2.45) is 0 Å². The van der Waals surface area contributed by atoms with Crippen LogP contribution in [-0.2, 0) is 0 Å². The molecule has 2 aromatic rings. The predicted octanol–water partition coefficient (Wildman–Crippen LogP) is 2.61. The second kappa shape index (κ2) is 6.73. The summed E-state index contributed by atoms with van der Waals surface area (Å²) in [5.41, 5.74) is 0.900. The fourth-order valence-electron chi connectivity index (χ4n) is 2.65. The Bertz CT molecular complexity index is 693. The molecule has 1 aromatic carbocycles. The van der Waals surface area contributed by atoms with E-state index in [-0.39, 0.29) is 17.8 Å². The molecule has 1 saturated heterocycles. The largest absolute Gasteiger partial charge is 0.471 e. The first-order valence-corrected chi connectivity index (χ1v) is 7.63. The molecule has 1 aliphatic rings. The summed E-state index contributed by atoms with van der Waals surface area (Å²) in [4.78, 5) is 14.2. The Labute approximate surface area is 134 Å². The molecule has 1 aromatic heterocycles. The van der Waals surface area contributed by atoms with Crippen LogP contribution in [0.15, 0.2) is 36.5 Å². The van der Waals surface area contributed by atoms with Gasteiger partial charge in [-0.25, -0.2) is 4.39 Å². The van der Waals surface area contributed by atoms with Crippen molar-refractivity contribution in [3.8, 4) is 5.88 Å². The third-order valence-corrected chi connectivity index (χ3v) is 3.92. The monoisotopic (exact) mass is 315 g/mol. The standard InChI is InChI=1S/C17H18FN3O2/c1-12-6-7-13(10-15(12)18)17(22)21-9-3-4-14(11-21)23-16-5-2-8-19-20-16/h2,5-8,10,14H,3-4,9,11H2,1H3. The molecule has 0 saturated carbocycles. The van der Waals surface area contributed by atoms with Crippen molar-refractivity contribution in [1.29, 1.82) is 0 Å². The number of aromatic nitrogens is 2. The quantitative estimate of drug-likeness (QED) is 0.873. The number of ether oxygens (including phenoxy) is 1. The van der Waals surface area contributed by atoms with Gasteiger partial charge in [0.25, 0.3) is 5.91 Å². The molecular weight excluding hydrogens is 297 g/mol. The lowest BCUT2D eigenvalue weighted by atomic mass is 10.1. The average Bonchev–Trinajstić information content (AvgIpc) is 2.58. The van der Waals surface area contributed by atoms with Crippen molar-refractivity contribution >= 4 is 5.91 Å². The van der Waals surface area contributed by atoms with Crippen molar-refractivity contribution in [3.05, 3.63) is 53.5 Å². The van der Waals surface area contributed by atoms with Gasteiger partial charge in [0.15, 0.2) is 0 Å². The highest BCUT2D eigenvalue weighted by Gasteiger charge is 2.26. The zero-order chi connectivity index (χ0) is 16.2. The van der Waals surface area contributed by atoms with E-state index in [0.717, 1.165) is 12.8 Å². The van der Waals surface area contributed by atoms with E-state index in [0.29, 0.717) is 30.1 Å². The van der Waals surface area contributed by atoms with Crippen LogP contribution in [0.1, 0.15) is 28.8 Å². The van der Waals surface area contributed by atoms with E-state index in [2.05, 4.69) is 10.2 Å². The lowest BCUT2D eigenvalue weighted by Gasteiger charge is -2.32. The van der Waals surface area contributed by atoms with Gasteiger partial charge in [-0.05, 0) is 43.5 Å². The molecule has 0 bridgehead atoms. The number of rotatable bonds is 3. The van der Waals surface area contributed by atoms with Gasteiger partial charge in [-0.3, -0.25) is 4.79 Å². The van der Waals surface area contributed by atoms with E-state index in [1.807, 2.05) is 0 Å². The molecule has 120 valence electrons. The molecule has 2 heterocycles. The summed E-state index contributed by atoms with van der Waals surface area (Å²) in [5, 5.41) is 7.67. The predicted molar refractivity (Wildman–Crippen MR) is 82.7 cm³/mol. The molecule has 1 aliphatic heterocycles. The number of likely N-dealkylation sites (tertiary alicyclic amines) is 1. The van der Waals surface area contributed by atoms with Crippen molar-refractivity contribution in [1.82, 2.24) is 15.1 Å². The normalized spacial score (nSPS) is 17.8. The molecule has 1 unspecified atom stereocenters. The maximum absolute atomic E-state index is 13.7. The molecule has 1 fully saturated rings. The molecule has 3 rings (SSSR count). The topological polar surface area (TPSA) is 55.3 Å². The van der Waals surface area contributed by atoms with Gasteiger partial charge in [-0.1, -0.05) is 6.07 Å². The smallest absolute Gasteiger partial charge is 0.254 e. The number of nitrogens with zero attached hydrogens (tertiary/aromatic N) is 3. The van der Waals surface area contributed by atoms with Crippen LogP contribution in [0.5, 0.6) is 5.88 Å². The van der Waals surface area contributed by atoms with E-state index >= 15 is 0 Å². The Balaban J connectivity index is 1.68. The summed E-state index contributed by atoms with van der Waals surface area (Å²) in [6.07, 6.45) is 3.14. The fraction of sp³-hybridized carbons (Fsp3) is 0.353. The molecule has 1 atom stereocenters. The van der Waals surface area contributed by atoms with E-state index in [9.17, 15) is 9.18 Å². The van der Waals surface area contributed by atoms with Gasteiger partial charge in [0.1, 0.15) is 11.9 Å². The number of piperidine rings is 1. The molecule has 5 nitrogen and oxygen atoms in total. The third-order valence-electron chi connectivity index (χ3n) is 3.92. The molecule has 0 aliphatic carbocycles. The van der Waals surface area contributed by atoms with Crippen molar-refractivity contribution in [2.75, 3.05) is 13.1 Å². The highest BCUT2D eigenvalue weighted by atomic mass is 19.1. The second-order valence-electron chi connectivity index (χ2n) is 5.66. The van der Waals surface area contributed by atoms with E-state index in [1.54, 1.807) is 42.3 Å². The maximum Gasteiger partial charge on any atom is 0.254 e. The first kappa shape index (κ1) is 15.4. The Hall–Kier alpha value is -2.50. The summed E-state index contributed by atoms with van der Waals surface area (Å²) in [6.45, 7) is 2.79. The first-order valence-electron chi connectivity index (χ1n) is 7.63. The number of hydrogen-bond acceptors (Lipinski definition) is 4. The molecule has 0 N–H and O–H groups in total. The Kier molecular flexibility index (Phi) is 4.50. The lowest BCUT2D eigenvalue weighted by Crippen LogP contribution is -2.44. The van der Waals surface area contributed by atoms with Gasteiger partial charge >= 0.3 is 0 Å². The van der Waals surface area contributed by atoms with Gasteiger partial charge < -0.3 is 9.64 Å². The highest BCUT2D eigenvalue weighted by Crippen LogP contribution is 2.19. The van der Waals surface area contributed by atoms with E-state index in [4.69, 9.17) is 4.74 Å². The molecule has 0 radical (unpaired) electrons. The van der Waals surface area contributed by atoms with Crippen molar-refractivity contribution < 1.29 is 13.9 Å². The number of halogens is 1. The van der Waals surface area contributed by atoms with Crippen LogP contribution >= 0.6 is 0 Å². The lowest BCUT2D eigenvalue weighted by molar-refractivity contribution is 0.0525. The molecule has 6 heteroatoms. The zero-order valence-electron chi connectivity index (χ0n) is 12.9. The van der Waals surface area contributed by atoms with Crippen molar-refractivity contribution in [2.45, 2.75) is 25.9 Å². The third kappa shape index (κ3) is 3.64. The van der Waals surface area contributed by atoms with Crippen LogP contribution in [0.25, 0.3) is 0 Å². The average molecular weight is 315 g/mol. The Morgan fingerprint density at radius 1 is 1.39 bits per heavy atom. The molecule has 0 spiro atoms. The van der Waals surface area contributed by atoms with Gasteiger partial charge in [0, 0.05) is 24.4 Å². The number of carbonyl (C=O) groups is 1. The van der Waals surface area contributed by atoms with Gasteiger partial charge in [-0.15, -0.1) is 5.10 Å². The summed E-state index contributed by atoms with van der Waals surface area (Å²) in [5.74, 6) is -0.0789. The fourth-order valence-corrected chi connectivity index (χ4v) is 2.65. The van der Waals surface area contributed by atoms with E-state index in [1.165, 1.54) is 6.07 Å². The van der Waals surface area contributed by atoms with Crippen LogP contribution in [0.2, 0.25) is 0 Å². The number of benzene rings is 1. The minimum Gasteiger partial charge on any atom is -0.471 e. The molecule has 1 amide bonds. The Morgan fingerprint density at radius 2 is 2.26 bits per heavy atom. The molecular formula is C17H18FN3O2.